The van der Waals surface area contributed by atoms with Crippen LogP contribution in [0.3, 0.4) is 0 Å². The van der Waals surface area contributed by atoms with Crippen molar-refractivity contribution in [2.75, 3.05) is 0 Å². The van der Waals surface area contributed by atoms with Gasteiger partial charge in [0.25, 0.3) is 0 Å². The Bertz CT molecular complexity index is 429. The van der Waals surface area contributed by atoms with Crippen molar-refractivity contribution in [1.29, 1.82) is 0 Å². The van der Waals surface area contributed by atoms with Crippen LogP contribution in [0.15, 0.2) is 18.2 Å². The number of aliphatic carboxylic acids is 1. The summed E-state index contributed by atoms with van der Waals surface area (Å²) in [5.41, 5.74) is 0.482. The molecule has 0 bridgehead atoms. The minimum absolute atomic E-state index is 0.0366. The van der Waals surface area contributed by atoms with Gasteiger partial charge in [0, 0.05) is 6.07 Å². The number of carbonyl (C=O) groups is 1. The summed E-state index contributed by atoms with van der Waals surface area (Å²) < 4.78 is 4.98. The molecule has 0 unspecified atom stereocenters. The highest BCUT2D eigenvalue weighted by molar-refractivity contribution is 5.72. The first-order chi connectivity index (χ1) is 7.41. The second-order valence-corrected chi connectivity index (χ2v) is 3.33. The average Bonchev–Trinajstić information content (AvgIpc) is 2.20. The van der Waals surface area contributed by atoms with Gasteiger partial charge in [-0.25, -0.2) is 4.79 Å². The molecule has 0 spiro atoms. The van der Waals surface area contributed by atoms with Crippen molar-refractivity contribution in [3.8, 4) is 5.75 Å². The smallest absolute Gasteiger partial charge is 0.344 e. The lowest BCUT2D eigenvalue weighted by Crippen LogP contribution is -2.23. The van der Waals surface area contributed by atoms with E-state index in [1.54, 1.807) is 13.0 Å². The first kappa shape index (κ1) is 12.0. The molecule has 0 heterocycles. The van der Waals surface area contributed by atoms with Crippen LogP contribution in [0.1, 0.15) is 12.5 Å². The van der Waals surface area contributed by atoms with Gasteiger partial charge in [-0.3, -0.25) is 10.1 Å². The van der Waals surface area contributed by atoms with Crippen molar-refractivity contribution in [2.45, 2.75) is 20.0 Å². The summed E-state index contributed by atoms with van der Waals surface area (Å²) in [5.74, 6) is -1.21. The maximum atomic E-state index is 10.7. The molecule has 86 valence electrons. The minimum Gasteiger partial charge on any atom is -0.479 e. The zero-order valence-corrected chi connectivity index (χ0v) is 8.84. The fraction of sp³-hybridized carbons (Fsp3) is 0.300. The standard InChI is InChI=1S/C10H11NO5/c1-6-3-4-9(8(5-6)11(14)15)16-7(2)10(12)13/h3-5,7H,1-2H3,(H,12,13)/t7-/m0/s1. The number of nitro groups is 1. The molecule has 1 N–H and O–H groups in total. The Morgan fingerprint density at radius 2 is 2.19 bits per heavy atom. The fourth-order valence-corrected chi connectivity index (χ4v) is 1.11. The van der Waals surface area contributed by atoms with Crippen LogP contribution in [0, 0.1) is 17.0 Å². The molecule has 0 amide bonds. The molecule has 0 aliphatic rings. The van der Waals surface area contributed by atoms with Gasteiger partial charge in [-0.05, 0) is 25.5 Å². The van der Waals surface area contributed by atoms with Crippen LogP contribution in [-0.2, 0) is 4.79 Å². The summed E-state index contributed by atoms with van der Waals surface area (Å²) in [6.07, 6.45) is -1.12. The van der Waals surface area contributed by atoms with Gasteiger partial charge in [0.1, 0.15) is 0 Å². The van der Waals surface area contributed by atoms with Crippen molar-refractivity contribution in [3.63, 3.8) is 0 Å². The van der Waals surface area contributed by atoms with Gasteiger partial charge in [-0.15, -0.1) is 0 Å². The lowest BCUT2D eigenvalue weighted by atomic mass is 10.2. The molecule has 1 aromatic carbocycles. The van der Waals surface area contributed by atoms with Crippen LogP contribution >= 0.6 is 0 Å². The van der Waals surface area contributed by atoms with Crippen LogP contribution < -0.4 is 4.74 Å². The summed E-state index contributed by atoms with van der Waals surface area (Å²) in [7, 11) is 0. The zero-order chi connectivity index (χ0) is 12.3. The van der Waals surface area contributed by atoms with E-state index in [0.29, 0.717) is 5.56 Å². The Morgan fingerprint density at radius 1 is 1.56 bits per heavy atom. The van der Waals surface area contributed by atoms with Crippen LogP contribution in [-0.4, -0.2) is 22.1 Å². The van der Waals surface area contributed by atoms with E-state index >= 15 is 0 Å². The summed E-state index contributed by atoms with van der Waals surface area (Å²) in [5, 5.41) is 19.3. The number of benzene rings is 1. The van der Waals surface area contributed by atoms with E-state index in [1.165, 1.54) is 19.1 Å². The summed E-state index contributed by atoms with van der Waals surface area (Å²) in [6, 6.07) is 4.35. The van der Waals surface area contributed by atoms with Crippen molar-refractivity contribution in [2.24, 2.45) is 0 Å². The number of rotatable bonds is 4. The number of nitro benzene ring substituents is 1. The van der Waals surface area contributed by atoms with E-state index in [4.69, 9.17) is 9.84 Å². The van der Waals surface area contributed by atoms with Gasteiger partial charge >= 0.3 is 11.7 Å². The molecular formula is C10H11NO5. The van der Waals surface area contributed by atoms with Gasteiger partial charge in [0.05, 0.1) is 4.92 Å². The van der Waals surface area contributed by atoms with E-state index in [1.807, 2.05) is 0 Å². The largest absolute Gasteiger partial charge is 0.479 e. The number of ether oxygens (including phenoxy) is 1. The molecule has 1 rings (SSSR count). The number of carboxylic acids is 1. The molecule has 0 aromatic heterocycles. The summed E-state index contributed by atoms with van der Waals surface area (Å²) in [6.45, 7) is 3.02. The summed E-state index contributed by atoms with van der Waals surface area (Å²) in [4.78, 5) is 20.7. The first-order valence-corrected chi connectivity index (χ1v) is 4.56. The van der Waals surface area contributed by atoms with Gasteiger partial charge in [-0.2, -0.15) is 0 Å². The first-order valence-electron chi connectivity index (χ1n) is 4.56. The van der Waals surface area contributed by atoms with E-state index in [9.17, 15) is 14.9 Å². The molecule has 16 heavy (non-hydrogen) atoms. The Hall–Kier alpha value is -2.11. The molecule has 0 aliphatic heterocycles. The monoisotopic (exact) mass is 225 g/mol. The predicted molar refractivity (Wildman–Crippen MR) is 55.6 cm³/mol. The second kappa shape index (κ2) is 4.61. The number of hydrogen-bond donors (Lipinski definition) is 1. The Labute approximate surface area is 91.6 Å². The van der Waals surface area contributed by atoms with Gasteiger partial charge < -0.3 is 9.84 Å². The maximum Gasteiger partial charge on any atom is 0.344 e. The molecular weight excluding hydrogens is 214 g/mol. The Kier molecular flexibility index (Phi) is 3.44. The molecule has 0 radical (unpaired) electrons. The molecule has 0 fully saturated rings. The normalized spacial score (nSPS) is 11.9. The topological polar surface area (TPSA) is 89.7 Å². The van der Waals surface area contributed by atoms with Crippen LogP contribution in [0.5, 0.6) is 5.75 Å². The molecule has 1 aromatic rings. The van der Waals surface area contributed by atoms with Crippen LogP contribution in [0.4, 0.5) is 5.69 Å². The highest BCUT2D eigenvalue weighted by atomic mass is 16.6. The molecule has 1 atom stereocenters. The summed E-state index contributed by atoms with van der Waals surface area (Å²) >= 11 is 0. The second-order valence-electron chi connectivity index (χ2n) is 3.33. The van der Waals surface area contributed by atoms with Gasteiger partial charge in [0.15, 0.2) is 11.9 Å². The van der Waals surface area contributed by atoms with Crippen molar-refractivity contribution in [1.82, 2.24) is 0 Å². The third kappa shape index (κ3) is 2.69. The third-order valence-corrected chi connectivity index (χ3v) is 1.96. The van der Waals surface area contributed by atoms with Crippen LogP contribution in [0.25, 0.3) is 0 Å². The quantitative estimate of drug-likeness (QED) is 0.622. The lowest BCUT2D eigenvalue weighted by Gasteiger charge is -2.10. The van der Waals surface area contributed by atoms with Crippen molar-refractivity contribution >= 4 is 11.7 Å². The van der Waals surface area contributed by atoms with Crippen molar-refractivity contribution in [3.05, 3.63) is 33.9 Å². The predicted octanol–water partition coefficient (Wildman–Crippen LogP) is 1.76. The molecule has 0 aliphatic carbocycles. The minimum atomic E-state index is -1.17. The highest BCUT2D eigenvalue weighted by Gasteiger charge is 2.20. The molecule has 0 saturated carbocycles. The third-order valence-electron chi connectivity index (χ3n) is 1.96. The number of nitrogens with zero attached hydrogens (tertiary/aromatic N) is 1. The van der Waals surface area contributed by atoms with E-state index in [-0.39, 0.29) is 11.4 Å². The number of aryl methyl sites for hydroxylation is 1. The lowest BCUT2D eigenvalue weighted by molar-refractivity contribution is -0.386. The Morgan fingerprint density at radius 3 is 2.69 bits per heavy atom. The van der Waals surface area contributed by atoms with Crippen molar-refractivity contribution < 1.29 is 19.6 Å². The number of carboxylic acid groups (broad SMARTS) is 1. The van der Waals surface area contributed by atoms with Crippen LogP contribution in [0.2, 0.25) is 0 Å². The molecule has 6 nitrogen and oxygen atoms in total. The van der Waals surface area contributed by atoms with E-state index in [2.05, 4.69) is 0 Å². The SMILES string of the molecule is Cc1ccc(O[C@@H](C)C(=O)O)c([N+](=O)[O-])c1. The van der Waals surface area contributed by atoms with Gasteiger partial charge in [0.2, 0.25) is 0 Å². The molecule has 6 heteroatoms. The molecule has 0 saturated heterocycles. The van der Waals surface area contributed by atoms with Gasteiger partial charge in [-0.1, -0.05) is 6.07 Å². The fourth-order valence-electron chi connectivity index (χ4n) is 1.11. The number of hydrogen-bond acceptors (Lipinski definition) is 4. The van der Waals surface area contributed by atoms with E-state index < -0.39 is 17.0 Å². The van der Waals surface area contributed by atoms with E-state index in [0.717, 1.165) is 0 Å². The highest BCUT2D eigenvalue weighted by Crippen LogP contribution is 2.28. The zero-order valence-electron chi connectivity index (χ0n) is 8.84. The Balaban J connectivity index is 3.04. The maximum absolute atomic E-state index is 10.7. The average molecular weight is 225 g/mol.